The molecule has 0 heterocycles. The molecule has 0 nitrogen and oxygen atoms in total. The van der Waals surface area contributed by atoms with Gasteiger partial charge in [-0.1, -0.05) is 11.3 Å². The van der Waals surface area contributed by atoms with E-state index < -0.39 is 0 Å². The van der Waals surface area contributed by atoms with Crippen LogP contribution in [-0.4, -0.2) is 9.65 Å². The summed E-state index contributed by atoms with van der Waals surface area (Å²) >= 11 is 0.236. The van der Waals surface area contributed by atoms with Crippen LogP contribution in [0.3, 0.4) is 0 Å². The molecule has 0 atom stereocenters. The van der Waals surface area contributed by atoms with E-state index >= 15 is 0 Å². The fourth-order valence-corrected chi connectivity index (χ4v) is 0. The van der Waals surface area contributed by atoms with Crippen molar-refractivity contribution in [2.24, 2.45) is 0 Å². The van der Waals surface area contributed by atoms with Gasteiger partial charge in [-0.15, -0.1) is 0 Å². The Morgan fingerprint density at radius 2 is 2.25 bits per heavy atom. The van der Waals surface area contributed by atoms with E-state index in [-0.39, 0.29) is 20.5 Å². The summed E-state index contributed by atoms with van der Waals surface area (Å²) in [4.78, 5) is 0. The highest BCUT2D eigenvalue weighted by molar-refractivity contribution is 14.2. The van der Waals surface area contributed by atoms with Crippen molar-refractivity contribution in [2.75, 3.05) is 0 Å². The van der Waals surface area contributed by atoms with Gasteiger partial charge in [-0.3, -0.25) is 0 Å². The Kier molecular flexibility index (Phi) is 4.27. The molecule has 0 bridgehead atoms. The van der Waals surface area contributed by atoms with Crippen LogP contribution in [0.15, 0.2) is 0 Å². The Balaban J connectivity index is 2.30. The highest BCUT2D eigenvalue weighted by atomic mass is 127. The molecule has 0 aliphatic rings. The lowest BCUT2D eigenvalue weighted by Crippen LogP contribution is -1.48. The molecule has 4 heavy (non-hydrogen) atoms. The van der Waals surface area contributed by atoms with Crippen LogP contribution in [0.2, 0.25) is 6.82 Å². The van der Waals surface area contributed by atoms with Crippen molar-refractivity contribution in [1.82, 2.24) is 0 Å². The first-order valence-electron chi connectivity index (χ1n) is 1.06. The number of hydrogen-bond acceptors (Lipinski definition) is 0. The molecule has 0 saturated heterocycles. The third-order valence-corrected chi connectivity index (χ3v) is 1.04. The summed E-state index contributed by atoms with van der Waals surface area (Å²) in [5.74, 6) is 0. The Hall–Kier alpha value is 0.665. The van der Waals surface area contributed by atoms with Crippen molar-refractivity contribution < 1.29 is 0 Å². The van der Waals surface area contributed by atoms with E-state index in [1.807, 2.05) is 6.82 Å². The van der Waals surface area contributed by atoms with Gasteiger partial charge in [0.15, 0.2) is 5.14 Å². The van der Waals surface area contributed by atoms with Gasteiger partial charge in [0.05, 0.1) is 0 Å². The Morgan fingerprint density at radius 1 is 2.00 bits per heavy atom. The molecule has 1 radical (unpaired) electrons. The first-order valence-corrected chi connectivity index (χ1v) is 3.83. The molecule has 0 spiro atoms. The van der Waals surface area contributed by atoms with Crippen LogP contribution in [0.4, 0.5) is 0 Å². The van der Waals surface area contributed by atoms with E-state index in [1.54, 1.807) is 0 Å². The third-order valence-electron chi connectivity index (χ3n) is 0.154. The molecule has 0 fully saturated rings. The van der Waals surface area contributed by atoms with E-state index in [0.717, 1.165) is 0 Å². The molecule has 0 unspecified atom stereocenters. The normalized spacial score (nSPS) is 6.25. The molecule has 0 amide bonds. The largest absolute Gasteiger partial charge is 0.191 e. The van der Waals surface area contributed by atoms with Gasteiger partial charge < -0.3 is 0 Å². The standard InChI is InChI=1S/C2H5BI/c1-3-4-2/h2H2,1H3. The molecular formula is C2H5BI. The van der Waals surface area contributed by atoms with Gasteiger partial charge in [0.1, 0.15) is 0 Å². The summed E-state index contributed by atoms with van der Waals surface area (Å²) in [6.45, 7) is 2.04. The average molecular weight is 167 g/mol. The van der Waals surface area contributed by atoms with E-state index in [1.165, 1.54) is 0 Å². The Morgan fingerprint density at radius 3 is 2.25 bits per heavy atom. The summed E-state index contributed by atoms with van der Waals surface area (Å²) < 4.78 is 3.66. The van der Waals surface area contributed by atoms with Crippen LogP contribution in [-0.2, 0) is 0 Å². The number of rotatable bonds is 1. The van der Waals surface area contributed by atoms with Gasteiger partial charge in [0.2, 0.25) is 0 Å². The Bertz CT molecular complexity index is 20.0. The molecule has 0 N–H and O–H groups in total. The second kappa shape index (κ2) is 3.66. The lowest BCUT2D eigenvalue weighted by Gasteiger charge is -1.52. The molecular weight excluding hydrogens is 162 g/mol. The quantitative estimate of drug-likeness (QED) is 0.404. The van der Waals surface area contributed by atoms with Crippen molar-refractivity contribution in [2.45, 2.75) is 6.82 Å². The van der Waals surface area contributed by atoms with Crippen LogP contribution < -0.4 is 0 Å². The summed E-state index contributed by atoms with van der Waals surface area (Å²) in [5, 5.41) is 2.12. The van der Waals surface area contributed by atoms with Gasteiger partial charge >= 0.3 is 0 Å². The van der Waals surface area contributed by atoms with Crippen LogP contribution >= 0.6 is 20.5 Å². The first kappa shape index (κ1) is 4.66. The fraction of sp³-hybridized carbons (Fsp3) is 0.500. The predicted octanol–water partition coefficient (Wildman–Crippen LogP) is 1.06. The highest BCUT2D eigenvalue weighted by Gasteiger charge is 1.53. The first-order chi connectivity index (χ1) is 1.91. The van der Waals surface area contributed by atoms with E-state index in [9.17, 15) is 0 Å². The van der Waals surface area contributed by atoms with Gasteiger partial charge in [-0.25, -0.2) is 0 Å². The van der Waals surface area contributed by atoms with Gasteiger partial charge in [-0.2, -0.15) is 20.5 Å². The van der Waals surface area contributed by atoms with Gasteiger partial charge in [0.25, 0.3) is 0 Å². The molecule has 0 rings (SSSR count). The number of halogens is 1. The van der Waals surface area contributed by atoms with E-state index in [2.05, 4.69) is 9.65 Å². The summed E-state index contributed by atoms with van der Waals surface area (Å²) in [6, 6.07) is 0. The zero-order chi connectivity index (χ0) is 3.41. The highest BCUT2D eigenvalue weighted by Crippen LogP contribution is 1.78. The van der Waals surface area contributed by atoms with Crippen molar-refractivity contribution in [3.63, 3.8) is 0 Å². The molecule has 2 heteroatoms. The molecule has 0 aliphatic heterocycles. The smallest absolute Gasteiger partial charge is 0.189 e. The summed E-state index contributed by atoms with van der Waals surface area (Å²) in [7, 11) is 0. The maximum Gasteiger partial charge on any atom is 0.189 e. The number of hydrogen-bond donors (Lipinski definition) is 0. The molecule has 0 saturated carbocycles. The van der Waals surface area contributed by atoms with Crippen LogP contribution in [0, 0.1) is 0 Å². The second-order valence-corrected chi connectivity index (χ2v) is 2.50. The van der Waals surface area contributed by atoms with E-state index in [4.69, 9.17) is 0 Å². The summed E-state index contributed by atoms with van der Waals surface area (Å²) in [5.41, 5.74) is 0. The predicted molar refractivity (Wildman–Crippen MR) is 32.8 cm³/mol. The summed E-state index contributed by atoms with van der Waals surface area (Å²) in [6.07, 6.45) is 0. The zero-order valence-corrected chi connectivity index (χ0v) is 4.82. The molecule has 0 aromatic carbocycles. The van der Waals surface area contributed by atoms with Crippen molar-refractivity contribution >= 4 is 30.2 Å². The average Bonchev–Trinajstić information content (AvgIpc) is 1.37. The fourth-order valence-electron chi connectivity index (χ4n) is 0. The van der Waals surface area contributed by atoms with Gasteiger partial charge in [0, 0.05) is 0 Å². The molecule has 23 valence electrons. The maximum absolute atomic E-state index is 3.66. The second-order valence-electron chi connectivity index (χ2n) is 0.373. The van der Waals surface area contributed by atoms with Gasteiger partial charge in [-0.05, 0) is 0 Å². The van der Waals surface area contributed by atoms with Crippen molar-refractivity contribution in [3.05, 3.63) is 0 Å². The minimum absolute atomic E-state index is 0.236. The van der Waals surface area contributed by atoms with Crippen LogP contribution in [0.5, 0.6) is 0 Å². The van der Waals surface area contributed by atoms with Crippen molar-refractivity contribution in [1.29, 1.82) is 0 Å². The maximum atomic E-state index is 3.66. The van der Waals surface area contributed by atoms with Crippen LogP contribution in [0.25, 0.3) is 0 Å². The third kappa shape index (κ3) is 2.66. The minimum Gasteiger partial charge on any atom is -0.191 e. The SMILES string of the molecule is C=I[B]C. The minimum atomic E-state index is 0.236. The van der Waals surface area contributed by atoms with E-state index in [0.29, 0.717) is 0 Å². The molecule has 0 aromatic heterocycles. The van der Waals surface area contributed by atoms with Crippen LogP contribution in [0.1, 0.15) is 0 Å². The van der Waals surface area contributed by atoms with Crippen molar-refractivity contribution in [3.8, 4) is 0 Å². The lowest BCUT2D eigenvalue weighted by molar-refractivity contribution is 2.39. The monoisotopic (exact) mass is 167 g/mol. The zero-order valence-electron chi connectivity index (χ0n) is 2.66. The molecule has 0 aromatic rings. The topological polar surface area (TPSA) is 0 Å². The lowest BCUT2D eigenvalue weighted by atomic mass is 10.2. The molecule has 0 aliphatic carbocycles. The Labute approximate surface area is 37.3 Å².